The van der Waals surface area contributed by atoms with E-state index in [1.165, 1.54) is 5.69 Å². The molecule has 0 atom stereocenters. The Morgan fingerprint density at radius 2 is 2.17 bits per heavy atom. The van der Waals surface area contributed by atoms with Crippen LogP contribution in [0, 0.1) is 0 Å². The van der Waals surface area contributed by atoms with Gasteiger partial charge in [-0.2, -0.15) is 0 Å². The van der Waals surface area contributed by atoms with E-state index in [1.54, 1.807) is 0 Å². The lowest BCUT2D eigenvalue weighted by Gasteiger charge is -2.32. The highest BCUT2D eigenvalue weighted by Crippen LogP contribution is 2.22. The Morgan fingerprint density at radius 1 is 1.39 bits per heavy atom. The highest BCUT2D eigenvalue weighted by molar-refractivity contribution is 5.55. The molecule has 1 aliphatic rings. The molecule has 0 radical (unpaired) electrons. The molecule has 1 aromatic heterocycles. The summed E-state index contributed by atoms with van der Waals surface area (Å²) in [6.45, 7) is 4.90. The molecule has 1 aromatic rings. The molecule has 1 aliphatic heterocycles. The van der Waals surface area contributed by atoms with Gasteiger partial charge in [-0.3, -0.25) is 4.98 Å². The molecule has 100 valence electrons. The molecular weight excluding hydrogens is 226 g/mol. The minimum atomic E-state index is 0.571. The van der Waals surface area contributed by atoms with Crippen LogP contribution in [-0.4, -0.2) is 37.8 Å². The standard InChI is InChI=1S/C14H23N3O/c1-3-6-16-12-9-14(11-15-10-12)17(2)13-4-7-18-8-5-13/h9-11,13,16H,3-8H2,1-2H3. The van der Waals surface area contributed by atoms with Gasteiger partial charge in [0, 0.05) is 32.8 Å². The van der Waals surface area contributed by atoms with Crippen LogP contribution in [0.4, 0.5) is 11.4 Å². The predicted octanol–water partition coefficient (Wildman–Crippen LogP) is 2.52. The molecule has 1 fully saturated rings. The second-order valence-electron chi connectivity index (χ2n) is 4.81. The molecule has 2 heterocycles. The molecule has 0 aliphatic carbocycles. The Morgan fingerprint density at radius 3 is 2.89 bits per heavy atom. The van der Waals surface area contributed by atoms with Gasteiger partial charge in [-0.25, -0.2) is 0 Å². The quantitative estimate of drug-likeness (QED) is 0.870. The average molecular weight is 249 g/mol. The summed E-state index contributed by atoms with van der Waals surface area (Å²) in [7, 11) is 2.15. The van der Waals surface area contributed by atoms with Gasteiger partial charge in [0.25, 0.3) is 0 Å². The number of aromatic nitrogens is 1. The van der Waals surface area contributed by atoms with Crippen LogP contribution < -0.4 is 10.2 Å². The average Bonchev–Trinajstić information content (AvgIpc) is 2.45. The van der Waals surface area contributed by atoms with Gasteiger partial charge in [-0.05, 0) is 25.3 Å². The van der Waals surface area contributed by atoms with Gasteiger partial charge in [0.1, 0.15) is 0 Å². The number of ether oxygens (including phenoxy) is 1. The Labute approximate surface area is 109 Å². The van der Waals surface area contributed by atoms with Crippen LogP contribution in [0.2, 0.25) is 0 Å². The van der Waals surface area contributed by atoms with Gasteiger partial charge in [-0.1, -0.05) is 6.92 Å². The van der Waals surface area contributed by atoms with Crippen LogP contribution in [0.25, 0.3) is 0 Å². The molecule has 0 amide bonds. The van der Waals surface area contributed by atoms with Crippen molar-refractivity contribution in [2.24, 2.45) is 0 Å². The minimum Gasteiger partial charge on any atom is -0.384 e. The first-order chi connectivity index (χ1) is 8.81. The lowest BCUT2D eigenvalue weighted by Crippen LogP contribution is -2.36. The van der Waals surface area contributed by atoms with Crippen molar-refractivity contribution in [2.75, 3.05) is 37.0 Å². The second kappa shape index (κ2) is 6.59. The van der Waals surface area contributed by atoms with E-state index in [4.69, 9.17) is 4.74 Å². The predicted molar refractivity (Wildman–Crippen MR) is 75.3 cm³/mol. The van der Waals surface area contributed by atoms with Gasteiger partial charge in [0.2, 0.25) is 0 Å². The third kappa shape index (κ3) is 3.35. The summed E-state index contributed by atoms with van der Waals surface area (Å²) < 4.78 is 5.41. The summed E-state index contributed by atoms with van der Waals surface area (Å²) >= 11 is 0. The number of nitrogens with zero attached hydrogens (tertiary/aromatic N) is 2. The molecule has 0 aromatic carbocycles. The number of pyridine rings is 1. The Balaban J connectivity index is 2.02. The monoisotopic (exact) mass is 249 g/mol. The fourth-order valence-corrected chi connectivity index (χ4v) is 2.27. The Hall–Kier alpha value is -1.29. The van der Waals surface area contributed by atoms with Gasteiger partial charge in [-0.15, -0.1) is 0 Å². The molecule has 18 heavy (non-hydrogen) atoms. The van der Waals surface area contributed by atoms with E-state index >= 15 is 0 Å². The van der Waals surface area contributed by atoms with Crippen LogP contribution >= 0.6 is 0 Å². The molecule has 1 N–H and O–H groups in total. The van der Waals surface area contributed by atoms with Crippen LogP contribution in [0.3, 0.4) is 0 Å². The van der Waals surface area contributed by atoms with Crippen molar-refractivity contribution in [1.82, 2.24) is 4.98 Å². The zero-order valence-electron chi connectivity index (χ0n) is 11.4. The van der Waals surface area contributed by atoms with E-state index in [2.05, 4.69) is 35.2 Å². The first kappa shape index (κ1) is 13.1. The third-order valence-corrected chi connectivity index (χ3v) is 3.45. The van der Waals surface area contributed by atoms with Crippen molar-refractivity contribution in [3.8, 4) is 0 Å². The van der Waals surface area contributed by atoms with Crippen LogP contribution in [-0.2, 0) is 4.74 Å². The molecule has 2 rings (SSSR count). The molecule has 4 nitrogen and oxygen atoms in total. The number of rotatable bonds is 5. The van der Waals surface area contributed by atoms with Crippen LogP contribution in [0.15, 0.2) is 18.5 Å². The fourth-order valence-electron chi connectivity index (χ4n) is 2.27. The highest BCUT2D eigenvalue weighted by Gasteiger charge is 2.19. The van der Waals surface area contributed by atoms with Gasteiger partial charge < -0.3 is 15.0 Å². The summed E-state index contributed by atoms with van der Waals surface area (Å²) in [5.41, 5.74) is 2.29. The van der Waals surface area contributed by atoms with Crippen molar-refractivity contribution in [2.45, 2.75) is 32.2 Å². The normalized spacial score (nSPS) is 16.6. The maximum atomic E-state index is 5.41. The number of hydrogen-bond acceptors (Lipinski definition) is 4. The maximum Gasteiger partial charge on any atom is 0.0573 e. The van der Waals surface area contributed by atoms with E-state index in [9.17, 15) is 0 Å². The van der Waals surface area contributed by atoms with Crippen molar-refractivity contribution in [1.29, 1.82) is 0 Å². The smallest absolute Gasteiger partial charge is 0.0573 e. The minimum absolute atomic E-state index is 0.571. The summed E-state index contributed by atoms with van der Waals surface area (Å²) in [5, 5.41) is 3.38. The SMILES string of the molecule is CCCNc1cncc(N(C)C2CCOCC2)c1. The lowest BCUT2D eigenvalue weighted by atomic mass is 10.1. The Bertz CT molecular complexity index is 364. The lowest BCUT2D eigenvalue weighted by molar-refractivity contribution is 0.0855. The van der Waals surface area contributed by atoms with Crippen LogP contribution in [0.1, 0.15) is 26.2 Å². The largest absolute Gasteiger partial charge is 0.384 e. The summed E-state index contributed by atoms with van der Waals surface area (Å²) in [6, 6.07) is 2.75. The fraction of sp³-hybridized carbons (Fsp3) is 0.643. The first-order valence-corrected chi connectivity index (χ1v) is 6.80. The molecule has 0 spiro atoms. The van der Waals surface area contributed by atoms with E-state index < -0.39 is 0 Å². The maximum absolute atomic E-state index is 5.41. The van der Waals surface area contributed by atoms with E-state index in [-0.39, 0.29) is 0 Å². The highest BCUT2D eigenvalue weighted by atomic mass is 16.5. The molecular formula is C14H23N3O. The van der Waals surface area contributed by atoms with E-state index in [1.807, 2.05) is 12.4 Å². The zero-order valence-corrected chi connectivity index (χ0v) is 11.4. The van der Waals surface area contributed by atoms with Crippen molar-refractivity contribution >= 4 is 11.4 Å². The first-order valence-electron chi connectivity index (χ1n) is 6.80. The summed E-state index contributed by atoms with van der Waals surface area (Å²) in [4.78, 5) is 6.64. The molecule has 4 heteroatoms. The molecule has 1 saturated heterocycles. The number of anilines is 2. The zero-order chi connectivity index (χ0) is 12.8. The molecule has 0 bridgehead atoms. The van der Waals surface area contributed by atoms with Crippen molar-refractivity contribution in [3.05, 3.63) is 18.5 Å². The summed E-state index contributed by atoms with van der Waals surface area (Å²) in [5.74, 6) is 0. The van der Waals surface area contributed by atoms with Gasteiger partial charge in [0.05, 0.1) is 23.8 Å². The Kier molecular flexibility index (Phi) is 4.81. The van der Waals surface area contributed by atoms with E-state index in [0.717, 1.165) is 44.7 Å². The molecule has 0 unspecified atom stereocenters. The van der Waals surface area contributed by atoms with E-state index in [0.29, 0.717) is 6.04 Å². The molecule has 0 saturated carbocycles. The number of nitrogens with one attached hydrogen (secondary N) is 1. The van der Waals surface area contributed by atoms with Crippen molar-refractivity contribution < 1.29 is 4.74 Å². The summed E-state index contributed by atoms with van der Waals surface area (Å²) in [6.07, 6.45) is 7.15. The van der Waals surface area contributed by atoms with Gasteiger partial charge >= 0.3 is 0 Å². The van der Waals surface area contributed by atoms with Crippen molar-refractivity contribution in [3.63, 3.8) is 0 Å². The third-order valence-electron chi connectivity index (χ3n) is 3.45. The number of hydrogen-bond donors (Lipinski definition) is 1. The van der Waals surface area contributed by atoms with Crippen LogP contribution in [0.5, 0.6) is 0 Å². The topological polar surface area (TPSA) is 37.4 Å². The van der Waals surface area contributed by atoms with Gasteiger partial charge in [0.15, 0.2) is 0 Å². The second-order valence-corrected chi connectivity index (χ2v) is 4.81.